The lowest BCUT2D eigenvalue weighted by Gasteiger charge is -2.40. The van der Waals surface area contributed by atoms with Gasteiger partial charge in [0.05, 0.1) is 0 Å². The molecule has 1 atom stereocenters. The largest absolute Gasteiger partial charge is 0.148 e. The molecule has 0 aromatic carbocycles. The van der Waals surface area contributed by atoms with Crippen LogP contribution in [0.25, 0.3) is 0 Å². The molecule has 84 valence electrons. The average molecular weight is 222 g/mol. The molecule has 1 saturated carbocycles. The fourth-order valence-corrected chi connectivity index (χ4v) is 3.00. The summed E-state index contributed by atoms with van der Waals surface area (Å²) in [5.41, 5.74) is 2.84. The molecule has 1 fully saturated rings. The molecule has 1 unspecified atom stereocenters. The van der Waals surface area contributed by atoms with Gasteiger partial charge in [-0.2, -0.15) is 0 Å². The molecule has 0 spiro atoms. The molecule has 0 nitrogen and oxygen atoms in total. The lowest BCUT2D eigenvalue weighted by Crippen LogP contribution is -2.26. The lowest BCUT2D eigenvalue weighted by atomic mass is 9.65. The van der Waals surface area contributed by atoms with E-state index in [0.29, 0.717) is 0 Å². The molecule has 0 aromatic rings. The summed E-state index contributed by atoms with van der Waals surface area (Å²) in [5, 5.41) is 0. The minimum atomic E-state index is 0.211. The predicted octanol–water partition coefficient (Wildman–Crippen LogP) is 4.90. The minimum absolute atomic E-state index is 0.211. The summed E-state index contributed by atoms with van der Waals surface area (Å²) in [5.74, 6) is 0. The van der Waals surface area contributed by atoms with Crippen molar-refractivity contribution in [1.29, 1.82) is 0 Å². The second kappa shape index (κ2) is 5.07. The van der Waals surface area contributed by atoms with Crippen LogP contribution < -0.4 is 0 Å². The van der Waals surface area contributed by atoms with Gasteiger partial charge < -0.3 is 0 Å². The Kier molecular flexibility index (Phi) is 4.27. The van der Waals surface area contributed by atoms with Gasteiger partial charge in [-0.1, -0.05) is 30.7 Å². The van der Waals surface area contributed by atoms with Crippen molar-refractivity contribution < 1.29 is 0 Å². The van der Waals surface area contributed by atoms with E-state index in [9.17, 15) is 0 Å². The third-order valence-corrected chi connectivity index (χ3v) is 3.47. The highest BCUT2D eigenvalue weighted by Gasteiger charge is 2.34. The zero-order valence-electron chi connectivity index (χ0n) is 9.81. The highest BCUT2D eigenvalue weighted by Crippen LogP contribution is 2.48. The molecule has 1 rings (SSSR count). The monoisotopic (exact) mass is 222 g/mol. The fourth-order valence-electron chi connectivity index (χ4n) is 2.70. The van der Waals surface area contributed by atoms with Crippen LogP contribution in [0.4, 0.5) is 0 Å². The predicted molar refractivity (Wildman–Crippen MR) is 72.2 cm³/mol. The van der Waals surface area contributed by atoms with Gasteiger partial charge in [0.1, 0.15) is 0 Å². The Bertz CT molecular complexity index is 270. The van der Waals surface area contributed by atoms with Crippen molar-refractivity contribution in [2.24, 2.45) is 5.41 Å². The quantitative estimate of drug-likeness (QED) is 0.507. The Balaban J connectivity index is 2.87. The van der Waals surface area contributed by atoms with Gasteiger partial charge in [-0.15, -0.1) is 19.2 Å². The maximum absolute atomic E-state index is 4.36. The molecule has 0 bridgehead atoms. The molecule has 1 heteroatoms. The van der Waals surface area contributed by atoms with Crippen LogP contribution >= 0.6 is 12.6 Å². The SMILES string of the molecule is C=C(C)CC1(CC(=C)S)CCCCC1=C. The Hall–Kier alpha value is -0.430. The molecular weight excluding hydrogens is 200 g/mol. The van der Waals surface area contributed by atoms with Crippen LogP contribution in [0.15, 0.2) is 35.8 Å². The first kappa shape index (κ1) is 12.6. The van der Waals surface area contributed by atoms with Crippen molar-refractivity contribution in [2.75, 3.05) is 0 Å². The second-order valence-corrected chi connectivity index (χ2v) is 5.60. The van der Waals surface area contributed by atoms with Crippen LogP contribution in [0.3, 0.4) is 0 Å². The summed E-state index contributed by atoms with van der Waals surface area (Å²) in [6.07, 6.45) is 6.98. The lowest BCUT2D eigenvalue weighted by molar-refractivity contribution is 0.273. The van der Waals surface area contributed by atoms with Crippen LogP contribution in [0.5, 0.6) is 0 Å². The molecular formula is C14H22S. The van der Waals surface area contributed by atoms with Crippen molar-refractivity contribution in [3.05, 3.63) is 35.8 Å². The number of allylic oxidation sites excluding steroid dienone is 3. The van der Waals surface area contributed by atoms with Crippen molar-refractivity contribution in [3.63, 3.8) is 0 Å². The van der Waals surface area contributed by atoms with E-state index in [4.69, 9.17) is 0 Å². The molecule has 1 aliphatic carbocycles. The van der Waals surface area contributed by atoms with Gasteiger partial charge in [0.2, 0.25) is 0 Å². The zero-order chi connectivity index (χ0) is 11.5. The van der Waals surface area contributed by atoms with E-state index < -0.39 is 0 Å². The highest BCUT2D eigenvalue weighted by atomic mass is 32.1. The van der Waals surface area contributed by atoms with Crippen LogP contribution in [0, 0.1) is 5.41 Å². The summed E-state index contributed by atoms with van der Waals surface area (Å²) in [6, 6.07) is 0. The number of rotatable bonds is 4. The molecule has 0 N–H and O–H groups in total. The summed E-state index contributed by atoms with van der Waals surface area (Å²) >= 11 is 4.36. The molecule has 15 heavy (non-hydrogen) atoms. The zero-order valence-corrected chi connectivity index (χ0v) is 10.7. The molecule has 0 radical (unpaired) electrons. The van der Waals surface area contributed by atoms with Gasteiger partial charge in [-0.05, 0) is 49.3 Å². The maximum atomic E-state index is 4.36. The van der Waals surface area contributed by atoms with Crippen molar-refractivity contribution >= 4 is 12.6 Å². The van der Waals surface area contributed by atoms with E-state index in [1.807, 2.05) is 0 Å². The van der Waals surface area contributed by atoms with E-state index >= 15 is 0 Å². The summed E-state index contributed by atoms with van der Waals surface area (Å²) < 4.78 is 0. The summed E-state index contributed by atoms with van der Waals surface area (Å²) in [7, 11) is 0. The van der Waals surface area contributed by atoms with Crippen molar-refractivity contribution in [2.45, 2.75) is 45.4 Å². The fraction of sp³-hybridized carbons (Fsp3) is 0.571. The first-order chi connectivity index (χ1) is 6.96. The molecule has 1 aliphatic rings. The number of thiol groups is 1. The third-order valence-electron chi connectivity index (χ3n) is 3.32. The normalized spacial score (nSPS) is 26.4. The van der Waals surface area contributed by atoms with Gasteiger partial charge in [0.25, 0.3) is 0 Å². The molecule has 0 aromatic heterocycles. The molecule has 0 heterocycles. The Morgan fingerprint density at radius 1 is 1.33 bits per heavy atom. The van der Waals surface area contributed by atoms with Crippen LogP contribution in [-0.2, 0) is 0 Å². The van der Waals surface area contributed by atoms with Crippen LogP contribution in [-0.4, -0.2) is 0 Å². The van der Waals surface area contributed by atoms with Gasteiger partial charge >= 0.3 is 0 Å². The number of hydrogen-bond acceptors (Lipinski definition) is 1. The van der Waals surface area contributed by atoms with E-state index in [-0.39, 0.29) is 5.41 Å². The summed E-state index contributed by atoms with van der Waals surface area (Å²) in [6.45, 7) is 14.3. The topological polar surface area (TPSA) is 0 Å². The van der Waals surface area contributed by atoms with Gasteiger partial charge in [0, 0.05) is 0 Å². The maximum Gasteiger partial charge on any atom is -0.000885 e. The van der Waals surface area contributed by atoms with Crippen molar-refractivity contribution in [1.82, 2.24) is 0 Å². The van der Waals surface area contributed by atoms with E-state index in [2.05, 4.69) is 39.3 Å². The Labute approximate surface area is 99.6 Å². The third kappa shape index (κ3) is 3.27. The first-order valence-corrected chi connectivity index (χ1v) is 6.10. The average Bonchev–Trinajstić information content (AvgIpc) is 2.08. The van der Waals surface area contributed by atoms with Gasteiger partial charge in [0.15, 0.2) is 0 Å². The van der Waals surface area contributed by atoms with Gasteiger partial charge in [-0.25, -0.2) is 0 Å². The second-order valence-electron chi connectivity index (χ2n) is 4.97. The van der Waals surface area contributed by atoms with E-state index in [1.54, 1.807) is 0 Å². The summed E-state index contributed by atoms with van der Waals surface area (Å²) in [4.78, 5) is 0.972. The molecule has 0 amide bonds. The smallest absolute Gasteiger partial charge is 0.000885 e. The van der Waals surface area contributed by atoms with E-state index in [1.165, 1.54) is 30.4 Å². The molecule has 0 aliphatic heterocycles. The minimum Gasteiger partial charge on any atom is -0.148 e. The van der Waals surface area contributed by atoms with E-state index in [0.717, 1.165) is 24.2 Å². The standard InChI is InChI=1S/C14H22S/c1-11(2)9-14(10-13(4)15)8-6-5-7-12(14)3/h15H,1,3-10H2,2H3. The van der Waals surface area contributed by atoms with Crippen LogP contribution in [0.2, 0.25) is 0 Å². The Morgan fingerprint density at radius 3 is 2.47 bits per heavy atom. The highest BCUT2D eigenvalue weighted by molar-refractivity contribution is 7.84. The van der Waals surface area contributed by atoms with Crippen molar-refractivity contribution in [3.8, 4) is 0 Å². The number of hydrogen-bond donors (Lipinski definition) is 1. The van der Waals surface area contributed by atoms with Crippen LogP contribution in [0.1, 0.15) is 45.4 Å². The molecule has 0 saturated heterocycles. The Morgan fingerprint density at radius 2 is 2.00 bits per heavy atom. The van der Waals surface area contributed by atoms with Gasteiger partial charge in [-0.3, -0.25) is 0 Å². The first-order valence-electron chi connectivity index (χ1n) is 5.66.